The molecule has 0 atom stereocenters. The Labute approximate surface area is 128 Å². The molecule has 0 aromatic heterocycles. The summed E-state index contributed by atoms with van der Waals surface area (Å²) < 4.78 is 0. The molecule has 0 spiro atoms. The molecule has 0 unspecified atom stereocenters. The lowest BCUT2D eigenvalue weighted by atomic mass is 10.2. The molecule has 0 radical (unpaired) electrons. The Kier molecular flexibility index (Phi) is 14.2. The van der Waals surface area contributed by atoms with Gasteiger partial charge in [0.05, 0.1) is 0 Å². The van der Waals surface area contributed by atoms with Crippen molar-refractivity contribution in [2.75, 3.05) is 26.7 Å². The molecule has 18 heavy (non-hydrogen) atoms. The number of halogens is 1. The van der Waals surface area contributed by atoms with Gasteiger partial charge in [-0.2, -0.15) is 0 Å². The van der Waals surface area contributed by atoms with Gasteiger partial charge in [-0.25, -0.2) is 0 Å². The van der Waals surface area contributed by atoms with E-state index in [0.29, 0.717) is 13.1 Å². The predicted octanol–water partition coefficient (Wildman–Crippen LogP) is 1.34. The van der Waals surface area contributed by atoms with Crippen LogP contribution in [0.5, 0.6) is 0 Å². The maximum absolute atomic E-state index is 11.3. The van der Waals surface area contributed by atoms with Gasteiger partial charge in [0, 0.05) is 32.6 Å². The van der Waals surface area contributed by atoms with E-state index in [1.54, 1.807) is 7.05 Å². The molecule has 3 N–H and O–H groups in total. The highest BCUT2D eigenvalue weighted by molar-refractivity contribution is 14.0. The fraction of sp³-hybridized carbons (Fsp3) is 0.833. The number of aliphatic imine (C=N–C) groups is 1. The summed E-state index contributed by atoms with van der Waals surface area (Å²) >= 11 is 0. The van der Waals surface area contributed by atoms with Crippen molar-refractivity contribution in [2.24, 2.45) is 10.9 Å². The second kappa shape index (κ2) is 12.9. The van der Waals surface area contributed by atoms with Crippen LogP contribution in [0, 0.1) is 5.92 Å². The first-order valence-electron chi connectivity index (χ1n) is 6.34. The standard InChI is InChI=1S/C12H26N4O.HI/c1-5-6-7-15-12(13-4)16-9-8-14-11(17)10(2)3;/h10H,5-9H2,1-4H3,(H,14,17)(H2,13,15,16);1H. The third-order valence-electron chi connectivity index (χ3n) is 2.29. The molecule has 0 bridgehead atoms. The summed E-state index contributed by atoms with van der Waals surface area (Å²) in [6.07, 6.45) is 2.29. The zero-order chi connectivity index (χ0) is 13.1. The molecule has 0 aliphatic carbocycles. The SMILES string of the molecule is CCCCNC(=NC)NCCNC(=O)C(C)C.I. The fourth-order valence-electron chi connectivity index (χ4n) is 1.17. The van der Waals surface area contributed by atoms with E-state index in [4.69, 9.17) is 0 Å². The largest absolute Gasteiger partial charge is 0.356 e. The number of nitrogens with one attached hydrogen (secondary N) is 3. The van der Waals surface area contributed by atoms with Gasteiger partial charge in [0.1, 0.15) is 0 Å². The third-order valence-corrected chi connectivity index (χ3v) is 2.29. The maximum atomic E-state index is 11.3. The molecular weight excluding hydrogens is 343 g/mol. The number of guanidine groups is 1. The Hall–Kier alpha value is -0.530. The molecule has 5 nitrogen and oxygen atoms in total. The van der Waals surface area contributed by atoms with E-state index in [2.05, 4.69) is 27.9 Å². The number of hydrogen-bond donors (Lipinski definition) is 3. The number of rotatable bonds is 7. The molecule has 0 saturated heterocycles. The van der Waals surface area contributed by atoms with Crippen molar-refractivity contribution in [3.63, 3.8) is 0 Å². The van der Waals surface area contributed by atoms with Gasteiger partial charge in [0.2, 0.25) is 5.91 Å². The highest BCUT2D eigenvalue weighted by Crippen LogP contribution is 1.88. The number of nitrogens with zero attached hydrogens (tertiary/aromatic N) is 1. The molecule has 1 amide bonds. The van der Waals surface area contributed by atoms with Crippen LogP contribution in [0.2, 0.25) is 0 Å². The van der Waals surface area contributed by atoms with Gasteiger partial charge < -0.3 is 16.0 Å². The summed E-state index contributed by atoms with van der Waals surface area (Å²) in [5.41, 5.74) is 0. The molecule has 0 aromatic rings. The Balaban J connectivity index is 0. The lowest BCUT2D eigenvalue weighted by Crippen LogP contribution is -2.42. The van der Waals surface area contributed by atoms with Crippen LogP contribution < -0.4 is 16.0 Å². The van der Waals surface area contributed by atoms with Gasteiger partial charge >= 0.3 is 0 Å². The number of hydrogen-bond acceptors (Lipinski definition) is 2. The van der Waals surface area contributed by atoms with Gasteiger partial charge in [-0.05, 0) is 6.42 Å². The van der Waals surface area contributed by atoms with Crippen LogP contribution in [0.3, 0.4) is 0 Å². The quantitative estimate of drug-likeness (QED) is 0.274. The summed E-state index contributed by atoms with van der Waals surface area (Å²) in [4.78, 5) is 15.4. The van der Waals surface area contributed by atoms with Crippen molar-refractivity contribution in [3.05, 3.63) is 0 Å². The van der Waals surface area contributed by atoms with Crippen LogP contribution in [0.25, 0.3) is 0 Å². The van der Waals surface area contributed by atoms with Gasteiger partial charge in [0.15, 0.2) is 5.96 Å². The molecular formula is C12H27IN4O. The minimum Gasteiger partial charge on any atom is -0.356 e. The van der Waals surface area contributed by atoms with Crippen LogP contribution in [0.4, 0.5) is 0 Å². The summed E-state index contributed by atoms with van der Waals surface area (Å²) in [7, 11) is 1.74. The average molecular weight is 370 g/mol. The summed E-state index contributed by atoms with van der Waals surface area (Å²) in [6.45, 7) is 8.14. The number of unbranched alkanes of at least 4 members (excludes halogenated alkanes) is 1. The van der Waals surface area contributed by atoms with E-state index >= 15 is 0 Å². The zero-order valence-electron chi connectivity index (χ0n) is 11.9. The Morgan fingerprint density at radius 3 is 2.17 bits per heavy atom. The van der Waals surface area contributed by atoms with E-state index in [-0.39, 0.29) is 35.8 Å². The second-order valence-corrected chi connectivity index (χ2v) is 4.23. The normalized spacial score (nSPS) is 10.8. The molecule has 6 heteroatoms. The number of carbonyl (C=O) groups excluding carboxylic acids is 1. The fourth-order valence-corrected chi connectivity index (χ4v) is 1.17. The van der Waals surface area contributed by atoms with Gasteiger partial charge in [-0.1, -0.05) is 27.2 Å². The molecule has 108 valence electrons. The molecule has 0 aromatic carbocycles. The molecule has 0 heterocycles. The molecule has 0 aliphatic heterocycles. The highest BCUT2D eigenvalue weighted by atomic mass is 127. The first-order chi connectivity index (χ1) is 8.11. The minimum atomic E-state index is 0. The maximum Gasteiger partial charge on any atom is 0.222 e. The highest BCUT2D eigenvalue weighted by Gasteiger charge is 2.04. The van der Waals surface area contributed by atoms with Gasteiger partial charge in [-0.15, -0.1) is 24.0 Å². The predicted molar refractivity (Wildman–Crippen MR) is 87.5 cm³/mol. The van der Waals surface area contributed by atoms with Crippen molar-refractivity contribution in [1.82, 2.24) is 16.0 Å². The average Bonchev–Trinajstić information content (AvgIpc) is 2.31. The molecule has 0 rings (SSSR count). The van der Waals surface area contributed by atoms with E-state index in [0.717, 1.165) is 25.3 Å². The van der Waals surface area contributed by atoms with E-state index in [1.165, 1.54) is 0 Å². The number of amides is 1. The van der Waals surface area contributed by atoms with Crippen LogP contribution in [-0.2, 0) is 4.79 Å². The summed E-state index contributed by atoms with van der Waals surface area (Å²) in [5.74, 6) is 0.912. The topological polar surface area (TPSA) is 65.5 Å². The Morgan fingerprint density at radius 2 is 1.67 bits per heavy atom. The summed E-state index contributed by atoms with van der Waals surface area (Å²) in [6, 6.07) is 0. The van der Waals surface area contributed by atoms with Crippen molar-refractivity contribution in [3.8, 4) is 0 Å². The van der Waals surface area contributed by atoms with Crippen molar-refractivity contribution in [2.45, 2.75) is 33.6 Å². The van der Waals surface area contributed by atoms with Crippen LogP contribution >= 0.6 is 24.0 Å². The van der Waals surface area contributed by atoms with E-state index < -0.39 is 0 Å². The molecule has 0 aliphatic rings. The van der Waals surface area contributed by atoms with Gasteiger partial charge in [-0.3, -0.25) is 9.79 Å². The summed E-state index contributed by atoms with van der Waals surface area (Å²) in [5, 5.41) is 9.20. The Bertz CT molecular complexity index is 244. The van der Waals surface area contributed by atoms with E-state index in [9.17, 15) is 4.79 Å². The van der Waals surface area contributed by atoms with E-state index in [1.807, 2.05) is 13.8 Å². The first kappa shape index (κ1) is 19.8. The number of carbonyl (C=O) groups is 1. The lowest BCUT2D eigenvalue weighted by molar-refractivity contribution is -0.123. The van der Waals surface area contributed by atoms with Crippen molar-refractivity contribution < 1.29 is 4.79 Å². The zero-order valence-corrected chi connectivity index (χ0v) is 14.2. The first-order valence-corrected chi connectivity index (χ1v) is 6.34. The van der Waals surface area contributed by atoms with Crippen molar-refractivity contribution >= 4 is 35.8 Å². The lowest BCUT2D eigenvalue weighted by Gasteiger charge is -2.12. The molecule has 0 fully saturated rings. The smallest absolute Gasteiger partial charge is 0.222 e. The third kappa shape index (κ3) is 10.6. The minimum absolute atomic E-state index is 0. The second-order valence-electron chi connectivity index (χ2n) is 4.23. The van der Waals surface area contributed by atoms with Crippen LogP contribution in [-0.4, -0.2) is 38.5 Å². The van der Waals surface area contributed by atoms with Crippen LogP contribution in [0.15, 0.2) is 4.99 Å². The monoisotopic (exact) mass is 370 g/mol. The Morgan fingerprint density at radius 1 is 1.11 bits per heavy atom. The van der Waals surface area contributed by atoms with Crippen molar-refractivity contribution in [1.29, 1.82) is 0 Å². The van der Waals surface area contributed by atoms with Crippen LogP contribution in [0.1, 0.15) is 33.6 Å². The molecule has 0 saturated carbocycles. The van der Waals surface area contributed by atoms with Gasteiger partial charge in [0.25, 0.3) is 0 Å².